The Hall–Kier alpha value is -2.33. The lowest BCUT2D eigenvalue weighted by Crippen LogP contribution is -2.11. The minimum Gasteiger partial charge on any atom is -0.401 e. The molecule has 0 radical (unpaired) electrons. The molecule has 10 heteroatoms. The number of nitrogens with zero attached hydrogens (tertiary/aromatic N) is 3. The monoisotopic (exact) mass is 500 g/mol. The number of hydrogen-bond acceptors (Lipinski definition) is 5. The molecule has 0 atom stereocenters. The number of alkyl halides is 2. The summed E-state index contributed by atoms with van der Waals surface area (Å²) in [5.41, 5.74) is 6.79. The highest BCUT2D eigenvalue weighted by Crippen LogP contribution is 2.32. The van der Waals surface area contributed by atoms with Crippen LogP contribution in [-0.2, 0) is 22.8 Å². The van der Waals surface area contributed by atoms with Crippen molar-refractivity contribution in [1.82, 2.24) is 14.5 Å². The molecule has 0 unspecified atom stereocenters. The number of allylic oxidation sites excluding steroid dienone is 4. The standard InChI is InChI=1S/C20H23BrF2N4O2S/c1-6-30(28,29)18(10-15(21)13(3)24)12(2)17-11-26-19(27(17)5)16-9-14(7-8-25-16)20(4,22)23/h7-11H,2,6,24H2,1,3-5H3/b15-13-,18-10+. The van der Waals surface area contributed by atoms with Gasteiger partial charge in [-0.15, -0.1) is 0 Å². The smallest absolute Gasteiger partial charge is 0.270 e. The van der Waals surface area contributed by atoms with Gasteiger partial charge in [-0.2, -0.15) is 0 Å². The first-order valence-electron chi connectivity index (χ1n) is 8.92. The number of rotatable bonds is 7. The zero-order chi connectivity index (χ0) is 22.9. The molecular weight excluding hydrogens is 478 g/mol. The van der Waals surface area contributed by atoms with Gasteiger partial charge in [0, 0.05) is 41.5 Å². The normalized spacial score (nSPS) is 13.9. The Bertz CT molecular complexity index is 1140. The first-order chi connectivity index (χ1) is 13.8. The van der Waals surface area contributed by atoms with Crippen molar-refractivity contribution in [3.05, 3.63) is 63.5 Å². The lowest BCUT2D eigenvalue weighted by Gasteiger charge is -2.14. The molecule has 0 aliphatic heterocycles. The fourth-order valence-electron chi connectivity index (χ4n) is 2.63. The Morgan fingerprint density at radius 3 is 2.57 bits per heavy atom. The van der Waals surface area contributed by atoms with E-state index in [0.29, 0.717) is 21.7 Å². The lowest BCUT2D eigenvalue weighted by molar-refractivity contribution is 0.0174. The Morgan fingerprint density at radius 1 is 1.40 bits per heavy atom. The van der Waals surface area contributed by atoms with Gasteiger partial charge in [-0.05, 0) is 41.1 Å². The van der Waals surface area contributed by atoms with E-state index in [2.05, 4.69) is 32.5 Å². The molecular formula is C20H23BrF2N4O2S. The molecule has 0 aliphatic carbocycles. The van der Waals surface area contributed by atoms with Gasteiger partial charge < -0.3 is 10.3 Å². The van der Waals surface area contributed by atoms with Crippen LogP contribution in [0.15, 0.2) is 52.3 Å². The molecule has 0 fully saturated rings. The molecule has 2 N–H and O–H groups in total. The maximum atomic E-state index is 13.7. The first kappa shape index (κ1) is 23.9. The summed E-state index contributed by atoms with van der Waals surface area (Å²) in [4.78, 5) is 8.37. The van der Waals surface area contributed by atoms with E-state index in [-0.39, 0.29) is 27.5 Å². The highest BCUT2D eigenvalue weighted by atomic mass is 79.9. The fourth-order valence-corrected chi connectivity index (χ4v) is 4.10. The lowest BCUT2D eigenvalue weighted by atomic mass is 10.1. The van der Waals surface area contributed by atoms with E-state index in [9.17, 15) is 17.2 Å². The third-order valence-electron chi connectivity index (χ3n) is 4.44. The number of hydrogen-bond donors (Lipinski definition) is 1. The Labute approximate surface area is 183 Å². The molecule has 162 valence electrons. The summed E-state index contributed by atoms with van der Waals surface area (Å²) in [6, 6.07) is 2.49. The number of imidazole rings is 1. The molecule has 0 aliphatic rings. The summed E-state index contributed by atoms with van der Waals surface area (Å²) >= 11 is 3.26. The van der Waals surface area contributed by atoms with Crippen LogP contribution in [0.5, 0.6) is 0 Å². The molecule has 2 aromatic rings. The maximum Gasteiger partial charge on any atom is 0.270 e. The van der Waals surface area contributed by atoms with Gasteiger partial charge in [0.2, 0.25) is 0 Å². The SMILES string of the molecule is C=C(/C(=C\C(Br)=C(/C)N)S(=O)(=O)CC)c1cnc(-c2cc(C(C)(F)F)ccn2)n1C. The maximum absolute atomic E-state index is 13.7. The molecule has 6 nitrogen and oxygen atoms in total. The van der Waals surface area contributed by atoms with Crippen LogP contribution in [0.1, 0.15) is 32.0 Å². The van der Waals surface area contributed by atoms with Crippen LogP contribution in [-0.4, -0.2) is 28.7 Å². The highest BCUT2D eigenvalue weighted by molar-refractivity contribution is 9.11. The minimum atomic E-state index is -3.65. The Balaban J connectivity index is 2.60. The van der Waals surface area contributed by atoms with Crippen LogP contribution >= 0.6 is 15.9 Å². The number of aromatic nitrogens is 3. The average Bonchev–Trinajstić information content (AvgIpc) is 3.06. The van der Waals surface area contributed by atoms with Crippen LogP contribution in [0.2, 0.25) is 0 Å². The second kappa shape index (κ2) is 8.81. The van der Waals surface area contributed by atoms with E-state index in [1.165, 1.54) is 37.5 Å². The van der Waals surface area contributed by atoms with E-state index in [4.69, 9.17) is 5.73 Å². The molecule has 0 saturated carbocycles. The van der Waals surface area contributed by atoms with E-state index in [1.54, 1.807) is 18.5 Å². The van der Waals surface area contributed by atoms with Crippen molar-refractivity contribution >= 4 is 31.3 Å². The summed E-state index contributed by atoms with van der Waals surface area (Å²) in [5.74, 6) is -2.86. The number of halogens is 3. The van der Waals surface area contributed by atoms with Crippen molar-refractivity contribution in [2.24, 2.45) is 12.8 Å². The zero-order valence-electron chi connectivity index (χ0n) is 17.1. The molecule has 2 aromatic heterocycles. The Kier molecular flexibility index (Phi) is 7.03. The molecule has 0 saturated heterocycles. The molecule has 0 aromatic carbocycles. The molecule has 2 rings (SSSR count). The van der Waals surface area contributed by atoms with E-state index in [1.807, 2.05) is 0 Å². The predicted molar refractivity (Wildman–Crippen MR) is 118 cm³/mol. The number of sulfone groups is 1. The third kappa shape index (κ3) is 5.04. The van der Waals surface area contributed by atoms with Gasteiger partial charge in [0.25, 0.3) is 5.92 Å². The van der Waals surface area contributed by atoms with Crippen molar-refractivity contribution in [3.63, 3.8) is 0 Å². The molecule has 0 amide bonds. The summed E-state index contributed by atoms with van der Waals surface area (Å²) in [6.07, 6.45) is 4.12. The minimum absolute atomic E-state index is 0.0157. The third-order valence-corrected chi connectivity index (χ3v) is 7.09. The second-order valence-corrected chi connectivity index (χ2v) is 9.87. The second-order valence-electron chi connectivity index (χ2n) is 6.77. The molecule has 30 heavy (non-hydrogen) atoms. The van der Waals surface area contributed by atoms with Crippen LogP contribution in [0, 0.1) is 0 Å². The molecule has 0 spiro atoms. The van der Waals surface area contributed by atoms with Crippen molar-refractivity contribution < 1.29 is 17.2 Å². The van der Waals surface area contributed by atoms with Gasteiger partial charge in [-0.1, -0.05) is 13.5 Å². The van der Waals surface area contributed by atoms with Crippen molar-refractivity contribution in [1.29, 1.82) is 0 Å². The number of nitrogens with two attached hydrogens (primary N) is 1. The van der Waals surface area contributed by atoms with Crippen LogP contribution in [0.3, 0.4) is 0 Å². The van der Waals surface area contributed by atoms with Gasteiger partial charge in [0.05, 0.1) is 22.5 Å². The predicted octanol–water partition coefficient (Wildman–Crippen LogP) is 4.51. The van der Waals surface area contributed by atoms with E-state index < -0.39 is 15.8 Å². The van der Waals surface area contributed by atoms with Crippen molar-refractivity contribution in [2.45, 2.75) is 26.7 Å². The molecule has 2 heterocycles. The van der Waals surface area contributed by atoms with Crippen LogP contribution < -0.4 is 5.73 Å². The summed E-state index contributed by atoms with van der Waals surface area (Å²) < 4.78 is 54.7. The highest BCUT2D eigenvalue weighted by Gasteiger charge is 2.26. The van der Waals surface area contributed by atoms with Crippen LogP contribution in [0.25, 0.3) is 17.1 Å². The molecule has 0 bridgehead atoms. The fraction of sp³-hybridized carbons (Fsp3) is 0.300. The van der Waals surface area contributed by atoms with Crippen molar-refractivity contribution in [3.8, 4) is 11.5 Å². The number of pyridine rings is 1. The van der Waals surface area contributed by atoms with E-state index >= 15 is 0 Å². The van der Waals surface area contributed by atoms with Gasteiger partial charge in [0.1, 0.15) is 5.69 Å². The largest absolute Gasteiger partial charge is 0.401 e. The first-order valence-corrected chi connectivity index (χ1v) is 11.4. The summed E-state index contributed by atoms with van der Waals surface area (Å²) in [7, 11) is -2.01. The topological polar surface area (TPSA) is 90.9 Å². The summed E-state index contributed by atoms with van der Waals surface area (Å²) in [5, 5.41) is 0. The van der Waals surface area contributed by atoms with Gasteiger partial charge in [-0.3, -0.25) is 4.98 Å². The average molecular weight is 501 g/mol. The Morgan fingerprint density at radius 2 is 2.03 bits per heavy atom. The quantitative estimate of drug-likeness (QED) is 0.564. The van der Waals surface area contributed by atoms with Crippen LogP contribution in [0.4, 0.5) is 8.78 Å². The van der Waals surface area contributed by atoms with Gasteiger partial charge >= 0.3 is 0 Å². The van der Waals surface area contributed by atoms with Crippen molar-refractivity contribution in [2.75, 3.05) is 5.75 Å². The van der Waals surface area contributed by atoms with Gasteiger partial charge in [0.15, 0.2) is 15.7 Å². The zero-order valence-corrected chi connectivity index (χ0v) is 19.5. The van der Waals surface area contributed by atoms with E-state index in [0.717, 1.165) is 6.92 Å². The van der Waals surface area contributed by atoms with Gasteiger partial charge in [-0.25, -0.2) is 22.2 Å². The summed E-state index contributed by atoms with van der Waals surface area (Å²) in [6.45, 7) is 7.90.